The molecule has 0 aromatic carbocycles. The average molecular weight is 254 g/mol. The van der Waals surface area contributed by atoms with Gasteiger partial charge in [0.15, 0.2) is 0 Å². The lowest BCUT2D eigenvalue weighted by Crippen LogP contribution is -2.54. The fourth-order valence-corrected chi connectivity index (χ4v) is 3.38. The molecule has 3 heteroatoms. The maximum absolute atomic E-state index is 5.73. The summed E-state index contributed by atoms with van der Waals surface area (Å²) in [4.78, 5) is 2.69. The summed E-state index contributed by atoms with van der Waals surface area (Å²) in [6.45, 7) is 12.5. The van der Waals surface area contributed by atoms with Crippen molar-refractivity contribution >= 4 is 0 Å². The molecule has 1 N–H and O–H groups in total. The maximum atomic E-state index is 5.73. The molecule has 2 unspecified atom stereocenters. The van der Waals surface area contributed by atoms with Gasteiger partial charge in [-0.2, -0.15) is 0 Å². The minimum Gasteiger partial charge on any atom is -0.380 e. The molecule has 2 aliphatic heterocycles. The Kier molecular flexibility index (Phi) is 5.05. The summed E-state index contributed by atoms with van der Waals surface area (Å²) in [7, 11) is 0. The van der Waals surface area contributed by atoms with Gasteiger partial charge in [-0.1, -0.05) is 13.8 Å². The molecule has 2 saturated heterocycles. The first-order chi connectivity index (χ1) is 8.60. The Balaban J connectivity index is 1.97. The predicted octanol–water partition coefficient (Wildman–Crippen LogP) is 2.27. The van der Waals surface area contributed by atoms with Gasteiger partial charge in [0.25, 0.3) is 0 Å². The summed E-state index contributed by atoms with van der Waals surface area (Å²) in [6.07, 6.45) is 5.06. The first kappa shape index (κ1) is 14.3. The van der Waals surface area contributed by atoms with Crippen LogP contribution in [-0.4, -0.2) is 49.3 Å². The van der Waals surface area contributed by atoms with Gasteiger partial charge in [0.1, 0.15) is 0 Å². The summed E-state index contributed by atoms with van der Waals surface area (Å²) in [5.74, 6) is 0.776. The zero-order valence-corrected chi connectivity index (χ0v) is 12.4. The van der Waals surface area contributed by atoms with Gasteiger partial charge in [0.05, 0.1) is 6.61 Å². The lowest BCUT2D eigenvalue weighted by Gasteiger charge is -2.44. The maximum Gasteiger partial charge on any atom is 0.0647 e. The summed E-state index contributed by atoms with van der Waals surface area (Å²) in [5.41, 5.74) is 0.277. The molecule has 18 heavy (non-hydrogen) atoms. The third-order valence-electron chi connectivity index (χ3n) is 4.42. The van der Waals surface area contributed by atoms with E-state index in [-0.39, 0.29) is 5.54 Å². The summed E-state index contributed by atoms with van der Waals surface area (Å²) >= 11 is 0. The van der Waals surface area contributed by atoms with Crippen molar-refractivity contribution in [1.82, 2.24) is 10.2 Å². The van der Waals surface area contributed by atoms with Gasteiger partial charge in [-0.25, -0.2) is 0 Å². The number of hydrogen-bond acceptors (Lipinski definition) is 3. The molecule has 0 bridgehead atoms. The van der Waals surface area contributed by atoms with E-state index < -0.39 is 0 Å². The summed E-state index contributed by atoms with van der Waals surface area (Å²) in [6, 6.07) is 0.659. The van der Waals surface area contributed by atoms with Crippen molar-refractivity contribution in [2.75, 3.05) is 32.8 Å². The van der Waals surface area contributed by atoms with Crippen LogP contribution in [-0.2, 0) is 4.74 Å². The molecule has 0 aliphatic carbocycles. The van der Waals surface area contributed by atoms with Gasteiger partial charge in [0.2, 0.25) is 0 Å². The molecule has 2 atom stereocenters. The molecular formula is C15H30N2O. The third kappa shape index (κ3) is 3.69. The van der Waals surface area contributed by atoms with Crippen molar-refractivity contribution in [3.05, 3.63) is 0 Å². The predicted molar refractivity (Wildman–Crippen MR) is 75.9 cm³/mol. The third-order valence-corrected chi connectivity index (χ3v) is 4.42. The lowest BCUT2D eigenvalue weighted by atomic mass is 9.91. The Labute approximate surface area is 112 Å². The van der Waals surface area contributed by atoms with E-state index in [1.54, 1.807) is 0 Å². The summed E-state index contributed by atoms with van der Waals surface area (Å²) < 4.78 is 5.73. The number of ether oxygens (including phenoxy) is 1. The van der Waals surface area contributed by atoms with E-state index in [1.165, 1.54) is 45.3 Å². The van der Waals surface area contributed by atoms with Crippen LogP contribution in [0.2, 0.25) is 0 Å². The minimum atomic E-state index is 0.277. The van der Waals surface area contributed by atoms with Crippen LogP contribution < -0.4 is 5.32 Å². The normalized spacial score (nSPS) is 35.7. The molecule has 0 spiro atoms. The van der Waals surface area contributed by atoms with E-state index in [2.05, 4.69) is 31.0 Å². The van der Waals surface area contributed by atoms with Gasteiger partial charge in [-0.3, -0.25) is 4.90 Å². The Morgan fingerprint density at radius 1 is 1.39 bits per heavy atom. The number of nitrogens with zero attached hydrogens (tertiary/aromatic N) is 1. The highest BCUT2D eigenvalue weighted by molar-refractivity contribution is 4.92. The Morgan fingerprint density at radius 2 is 2.22 bits per heavy atom. The van der Waals surface area contributed by atoms with Crippen molar-refractivity contribution in [3.8, 4) is 0 Å². The number of nitrogens with one attached hydrogen (secondary N) is 1. The molecule has 2 fully saturated rings. The van der Waals surface area contributed by atoms with E-state index >= 15 is 0 Å². The van der Waals surface area contributed by atoms with Crippen LogP contribution in [0.1, 0.15) is 46.5 Å². The molecule has 106 valence electrons. The zero-order valence-electron chi connectivity index (χ0n) is 12.4. The van der Waals surface area contributed by atoms with Crippen molar-refractivity contribution < 1.29 is 4.74 Å². The first-order valence-electron chi connectivity index (χ1n) is 7.66. The van der Waals surface area contributed by atoms with Gasteiger partial charge in [-0.15, -0.1) is 0 Å². The average Bonchev–Trinajstić information content (AvgIpc) is 2.55. The van der Waals surface area contributed by atoms with E-state index in [0.717, 1.165) is 19.1 Å². The molecule has 2 heterocycles. The Morgan fingerprint density at radius 3 is 2.89 bits per heavy atom. The quantitative estimate of drug-likeness (QED) is 0.836. The summed E-state index contributed by atoms with van der Waals surface area (Å²) in [5, 5.41) is 3.72. The van der Waals surface area contributed by atoms with E-state index in [4.69, 9.17) is 4.74 Å². The van der Waals surface area contributed by atoms with Crippen LogP contribution in [0.3, 0.4) is 0 Å². The molecule has 2 rings (SSSR count). The minimum absolute atomic E-state index is 0.277. The second kappa shape index (κ2) is 6.36. The largest absolute Gasteiger partial charge is 0.380 e. The van der Waals surface area contributed by atoms with E-state index in [1.807, 2.05) is 0 Å². The Bertz CT molecular complexity index is 249. The van der Waals surface area contributed by atoms with Crippen molar-refractivity contribution in [3.63, 3.8) is 0 Å². The second-order valence-electron chi connectivity index (χ2n) is 6.73. The second-order valence-corrected chi connectivity index (χ2v) is 6.73. The Hall–Kier alpha value is -0.120. The van der Waals surface area contributed by atoms with Crippen LogP contribution in [0.4, 0.5) is 0 Å². The van der Waals surface area contributed by atoms with Crippen molar-refractivity contribution in [1.29, 1.82) is 0 Å². The van der Waals surface area contributed by atoms with Crippen LogP contribution in [0.25, 0.3) is 0 Å². The molecule has 0 saturated carbocycles. The molecule has 0 amide bonds. The molecule has 2 aliphatic rings. The van der Waals surface area contributed by atoms with Crippen LogP contribution >= 0.6 is 0 Å². The zero-order chi connectivity index (χ0) is 13.0. The van der Waals surface area contributed by atoms with Crippen molar-refractivity contribution in [2.45, 2.75) is 58.0 Å². The molecule has 0 aromatic rings. The lowest BCUT2D eigenvalue weighted by molar-refractivity contribution is -0.0407. The standard InChI is InChI=1S/C15H30N2O/c1-13(2)10-14-11-17(8-5-7-16-14)15(3)6-4-9-18-12-15/h13-14,16H,4-12H2,1-3H3. The van der Waals surface area contributed by atoms with Gasteiger partial charge in [0, 0.05) is 31.3 Å². The van der Waals surface area contributed by atoms with Crippen molar-refractivity contribution in [2.24, 2.45) is 5.92 Å². The fraction of sp³-hybridized carbons (Fsp3) is 1.00. The molecule has 0 radical (unpaired) electrons. The smallest absolute Gasteiger partial charge is 0.0647 e. The SMILES string of the molecule is CC(C)CC1CN(C2(C)CCCOC2)CCCN1. The molecule has 0 aromatic heterocycles. The molecule has 3 nitrogen and oxygen atoms in total. The molecular weight excluding hydrogens is 224 g/mol. The monoisotopic (exact) mass is 254 g/mol. The topological polar surface area (TPSA) is 24.5 Å². The van der Waals surface area contributed by atoms with Gasteiger partial charge >= 0.3 is 0 Å². The van der Waals surface area contributed by atoms with Crippen LogP contribution in [0.5, 0.6) is 0 Å². The van der Waals surface area contributed by atoms with Crippen LogP contribution in [0, 0.1) is 5.92 Å². The highest BCUT2D eigenvalue weighted by Gasteiger charge is 2.35. The van der Waals surface area contributed by atoms with Crippen LogP contribution in [0.15, 0.2) is 0 Å². The highest BCUT2D eigenvalue weighted by Crippen LogP contribution is 2.27. The van der Waals surface area contributed by atoms with Gasteiger partial charge in [-0.05, 0) is 45.1 Å². The van der Waals surface area contributed by atoms with E-state index in [9.17, 15) is 0 Å². The highest BCUT2D eigenvalue weighted by atomic mass is 16.5. The fourth-order valence-electron chi connectivity index (χ4n) is 3.38. The van der Waals surface area contributed by atoms with Gasteiger partial charge < -0.3 is 10.1 Å². The first-order valence-corrected chi connectivity index (χ1v) is 7.66. The number of hydrogen-bond donors (Lipinski definition) is 1. The number of rotatable bonds is 3. The van der Waals surface area contributed by atoms with E-state index in [0.29, 0.717) is 6.04 Å².